The maximum Gasteiger partial charge on any atom is 0.244 e. The van der Waals surface area contributed by atoms with E-state index in [-0.39, 0.29) is 17.4 Å². The van der Waals surface area contributed by atoms with Gasteiger partial charge in [0, 0.05) is 26.2 Å². The molecular weight excluding hydrogens is 485 g/mol. The van der Waals surface area contributed by atoms with Crippen LogP contribution in [0, 0.1) is 0 Å². The largest absolute Gasteiger partial charge is 0.379 e. The predicted molar refractivity (Wildman–Crippen MR) is 132 cm³/mol. The fourth-order valence-corrected chi connectivity index (χ4v) is 5.34. The fourth-order valence-electron chi connectivity index (χ4n) is 3.84. The first-order chi connectivity index (χ1) is 15.7. The first-order valence-electron chi connectivity index (χ1n) is 10.8. The van der Waals surface area contributed by atoms with Crippen molar-refractivity contribution in [1.82, 2.24) is 10.2 Å². The van der Waals surface area contributed by atoms with Crippen molar-refractivity contribution in [3.8, 4) is 0 Å². The van der Waals surface area contributed by atoms with E-state index >= 15 is 0 Å². The minimum Gasteiger partial charge on any atom is -0.379 e. The number of amides is 1. The quantitative estimate of drug-likeness (QED) is 0.553. The number of hydrogen-bond acceptors (Lipinski definition) is 5. The van der Waals surface area contributed by atoms with Crippen LogP contribution in [0.2, 0.25) is 10.0 Å². The molecule has 33 heavy (non-hydrogen) atoms. The summed E-state index contributed by atoms with van der Waals surface area (Å²) in [4.78, 5) is 15.4. The number of nitrogens with zero attached hydrogens (tertiary/aromatic N) is 2. The Bertz CT molecular complexity index is 1080. The molecule has 2 aromatic carbocycles. The molecule has 1 N–H and O–H groups in total. The van der Waals surface area contributed by atoms with E-state index in [1.54, 1.807) is 13.0 Å². The molecule has 10 heteroatoms. The third-order valence-electron chi connectivity index (χ3n) is 5.46. The first-order valence-corrected chi connectivity index (χ1v) is 13.4. The van der Waals surface area contributed by atoms with E-state index in [0.29, 0.717) is 17.3 Å². The lowest BCUT2D eigenvalue weighted by molar-refractivity contribution is -0.122. The van der Waals surface area contributed by atoms with Gasteiger partial charge in [0.25, 0.3) is 0 Å². The van der Waals surface area contributed by atoms with Crippen molar-refractivity contribution in [1.29, 1.82) is 0 Å². The van der Waals surface area contributed by atoms with E-state index in [0.717, 1.165) is 54.5 Å². The van der Waals surface area contributed by atoms with Gasteiger partial charge in [-0.15, -0.1) is 0 Å². The van der Waals surface area contributed by atoms with Gasteiger partial charge in [0.15, 0.2) is 0 Å². The Kier molecular flexibility index (Phi) is 9.01. The van der Waals surface area contributed by atoms with E-state index in [9.17, 15) is 13.2 Å². The van der Waals surface area contributed by atoms with Gasteiger partial charge in [-0.3, -0.25) is 14.0 Å². The molecule has 1 aliphatic rings. The van der Waals surface area contributed by atoms with Crippen molar-refractivity contribution in [3.63, 3.8) is 0 Å². The average molecular weight is 514 g/mol. The molecule has 0 aliphatic carbocycles. The van der Waals surface area contributed by atoms with E-state index in [2.05, 4.69) is 22.3 Å². The molecule has 0 aromatic heterocycles. The van der Waals surface area contributed by atoms with Crippen molar-refractivity contribution in [3.05, 3.63) is 63.6 Å². The molecule has 0 unspecified atom stereocenters. The zero-order valence-corrected chi connectivity index (χ0v) is 21.1. The monoisotopic (exact) mass is 513 g/mol. The number of rotatable bonds is 9. The highest BCUT2D eigenvalue weighted by atomic mass is 35.5. The van der Waals surface area contributed by atoms with Gasteiger partial charge in [-0.1, -0.05) is 54.4 Å². The van der Waals surface area contributed by atoms with Gasteiger partial charge < -0.3 is 10.1 Å². The summed E-state index contributed by atoms with van der Waals surface area (Å²) in [6, 6.07) is 11.6. The van der Waals surface area contributed by atoms with Crippen LogP contribution in [0.15, 0.2) is 42.5 Å². The van der Waals surface area contributed by atoms with Crippen LogP contribution in [-0.4, -0.2) is 57.8 Å². The minimum atomic E-state index is -3.75. The zero-order valence-electron chi connectivity index (χ0n) is 18.8. The third kappa shape index (κ3) is 7.07. The lowest BCUT2D eigenvalue weighted by Crippen LogP contribution is -2.49. The second kappa shape index (κ2) is 11.5. The van der Waals surface area contributed by atoms with Gasteiger partial charge in [-0.05, 0) is 35.7 Å². The molecule has 180 valence electrons. The summed E-state index contributed by atoms with van der Waals surface area (Å²) in [5.41, 5.74) is 2.40. The summed E-state index contributed by atoms with van der Waals surface area (Å²) in [5, 5.41) is 3.42. The maximum atomic E-state index is 13.1. The lowest BCUT2D eigenvalue weighted by Gasteiger charge is -2.30. The number of nitrogens with one attached hydrogen (secondary N) is 1. The van der Waals surface area contributed by atoms with Crippen LogP contribution < -0.4 is 9.62 Å². The topological polar surface area (TPSA) is 79.0 Å². The summed E-state index contributed by atoms with van der Waals surface area (Å²) in [5.74, 6) is -0.382. The summed E-state index contributed by atoms with van der Waals surface area (Å²) in [7, 11) is -3.75. The van der Waals surface area contributed by atoms with Gasteiger partial charge in [0.2, 0.25) is 15.9 Å². The van der Waals surface area contributed by atoms with Crippen molar-refractivity contribution in [2.45, 2.75) is 32.5 Å². The van der Waals surface area contributed by atoms with E-state index < -0.39 is 16.1 Å². The molecule has 0 radical (unpaired) electrons. The molecule has 0 spiro atoms. The number of halogens is 2. The number of anilines is 1. The van der Waals surface area contributed by atoms with Crippen LogP contribution >= 0.6 is 23.2 Å². The van der Waals surface area contributed by atoms with Gasteiger partial charge in [-0.25, -0.2) is 8.42 Å². The number of benzene rings is 2. The van der Waals surface area contributed by atoms with E-state index in [4.69, 9.17) is 27.9 Å². The molecule has 1 amide bonds. The first kappa shape index (κ1) is 25.8. The number of morpholine rings is 1. The zero-order chi connectivity index (χ0) is 24.0. The van der Waals surface area contributed by atoms with Gasteiger partial charge in [-0.2, -0.15) is 0 Å². The van der Waals surface area contributed by atoms with E-state index in [1.807, 2.05) is 12.1 Å². The molecule has 1 fully saturated rings. The lowest BCUT2D eigenvalue weighted by atomic mass is 10.1. The van der Waals surface area contributed by atoms with Crippen LogP contribution in [0.1, 0.15) is 24.5 Å². The van der Waals surface area contributed by atoms with Crippen LogP contribution in [0.4, 0.5) is 5.69 Å². The third-order valence-corrected chi connectivity index (χ3v) is 7.37. The summed E-state index contributed by atoms with van der Waals surface area (Å²) >= 11 is 12.1. The van der Waals surface area contributed by atoms with Crippen molar-refractivity contribution < 1.29 is 17.9 Å². The molecule has 7 nitrogen and oxygen atoms in total. The second-order valence-electron chi connectivity index (χ2n) is 8.01. The average Bonchev–Trinajstić information content (AvgIpc) is 2.78. The fraction of sp³-hybridized carbons (Fsp3) is 0.435. The van der Waals surface area contributed by atoms with Crippen molar-refractivity contribution in [2.75, 3.05) is 36.9 Å². The second-order valence-corrected chi connectivity index (χ2v) is 10.7. The highest BCUT2D eigenvalue weighted by Gasteiger charge is 2.31. The standard InChI is InChI=1S/C23H29Cl2N3O4S/c1-3-22(28(33(2,30)31)19-7-8-20(24)21(25)14-19)23(29)26-15-17-5-4-6-18(13-17)16-27-9-11-32-12-10-27/h4-8,13-14,22H,3,9-12,15-16H2,1-2H3,(H,26,29)/t22-/m1/s1. The maximum absolute atomic E-state index is 13.1. The molecule has 0 bridgehead atoms. The van der Waals surface area contributed by atoms with Gasteiger partial charge >= 0.3 is 0 Å². The van der Waals surface area contributed by atoms with Gasteiger partial charge in [0.05, 0.1) is 35.2 Å². The van der Waals surface area contributed by atoms with E-state index in [1.165, 1.54) is 12.1 Å². The van der Waals surface area contributed by atoms with Gasteiger partial charge in [0.1, 0.15) is 6.04 Å². The minimum absolute atomic E-state index is 0.218. The summed E-state index contributed by atoms with van der Waals surface area (Å²) in [6.07, 6.45) is 1.36. The summed E-state index contributed by atoms with van der Waals surface area (Å²) < 4.78 is 31.7. The van der Waals surface area contributed by atoms with Crippen molar-refractivity contribution in [2.24, 2.45) is 0 Å². The Hall–Kier alpha value is -1.84. The number of hydrogen-bond donors (Lipinski definition) is 1. The Balaban J connectivity index is 1.71. The van der Waals surface area contributed by atoms with Crippen molar-refractivity contribution >= 4 is 44.8 Å². The van der Waals surface area contributed by atoms with Crippen LogP contribution in [0.3, 0.4) is 0 Å². The highest BCUT2D eigenvalue weighted by Crippen LogP contribution is 2.30. The number of sulfonamides is 1. The highest BCUT2D eigenvalue weighted by molar-refractivity contribution is 7.92. The van der Waals surface area contributed by atoms with Crippen LogP contribution in [0.5, 0.6) is 0 Å². The molecule has 1 atom stereocenters. The molecule has 0 saturated carbocycles. The number of carbonyl (C=O) groups is 1. The smallest absolute Gasteiger partial charge is 0.244 e. The molecule has 1 heterocycles. The SMILES string of the molecule is CC[C@H](C(=O)NCc1cccc(CN2CCOCC2)c1)N(c1ccc(Cl)c(Cl)c1)S(C)(=O)=O. The van der Waals surface area contributed by atoms with Crippen LogP contribution in [0.25, 0.3) is 0 Å². The Labute approximate surface area is 205 Å². The molecule has 3 rings (SSSR count). The Morgan fingerprint density at radius 1 is 1.12 bits per heavy atom. The van der Waals surface area contributed by atoms with Crippen LogP contribution in [-0.2, 0) is 32.6 Å². The summed E-state index contributed by atoms with van der Waals surface area (Å²) in [6.45, 7) is 6.16. The Morgan fingerprint density at radius 2 is 1.82 bits per heavy atom. The molecular formula is C23H29Cl2N3O4S. The molecule has 1 saturated heterocycles. The number of carbonyl (C=O) groups excluding carboxylic acids is 1. The normalized spacial score (nSPS) is 15.8. The Morgan fingerprint density at radius 3 is 2.45 bits per heavy atom. The predicted octanol–water partition coefficient (Wildman–Crippen LogP) is 3.69. The molecule has 2 aromatic rings. The number of ether oxygens (including phenoxy) is 1. The molecule has 1 aliphatic heterocycles.